The minimum atomic E-state index is 0.649. The molecule has 0 atom stereocenters. The Morgan fingerprint density at radius 3 is 1.89 bits per heavy atom. The zero-order valence-corrected chi connectivity index (χ0v) is 21.3. The first-order valence-electron chi connectivity index (χ1n) is 13.3. The lowest BCUT2D eigenvalue weighted by Crippen LogP contribution is -1.93. The summed E-state index contributed by atoms with van der Waals surface area (Å²) in [5.74, 6) is 0.649. The van der Waals surface area contributed by atoms with Crippen LogP contribution in [0.1, 0.15) is 18.9 Å². The highest BCUT2D eigenvalue weighted by atomic mass is 16.3. The van der Waals surface area contributed by atoms with E-state index in [4.69, 9.17) is 9.40 Å². The molecule has 6 aromatic carbocycles. The van der Waals surface area contributed by atoms with Crippen LogP contribution in [0.5, 0.6) is 0 Å². The molecule has 0 aliphatic heterocycles. The van der Waals surface area contributed by atoms with Crippen molar-refractivity contribution in [2.45, 2.75) is 19.8 Å². The van der Waals surface area contributed by atoms with E-state index in [1.807, 2.05) is 24.3 Å². The lowest BCUT2D eigenvalue weighted by atomic mass is 9.85. The Labute approximate surface area is 222 Å². The number of aromatic nitrogens is 1. The average Bonchev–Trinajstić information content (AvgIpc) is 3.41. The third-order valence-corrected chi connectivity index (χ3v) is 7.40. The van der Waals surface area contributed by atoms with Gasteiger partial charge in [0.2, 0.25) is 5.89 Å². The van der Waals surface area contributed by atoms with E-state index in [2.05, 4.69) is 104 Å². The van der Waals surface area contributed by atoms with Crippen LogP contribution in [0.25, 0.3) is 66.4 Å². The fourth-order valence-electron chi connectivity index (χ4n) is 5.67. The van der Waals surface area contributed by atoms with Gasteiger partial charge in [-0.25, -0.2) is 4.98 Å². The van der Waals surface area contributed by atoms with Gasteiger partial charge in [-0.05, 0) is 80.0 Å². The number of rotatable bonds is 5. The van der Waals surface area contributed by atoms with Crippen LogP contribution in [0.2, 0.25) is 0 Å². The first-order chi connectivity index (χ1) is 18.8. The Balaban J connectivity index is 1.47. The fourth-order valence-corrected chi connectivity index (χ4v) is 5.67. The van der Waals surface area contributed by atoms with Gasteiger partial charge in [-0.15, -0.1) is 0 Å². The molecule has 2 nitrogen and oxygen atoms in total. The summed E-state index contributed by atoms with van der Waals surface area (Å²) in [4.78, 5) is 4.69. The van der Waals surface area contributed by atoms with Gasteiger partial charge in [0.25, 0.3) is 0 Å². The Kier molecular flexibility index (Phi) is 5.52. The van der Waals surface area contributed by atoms with Crippen molar-refractivity contribution in [2.75, 3.05) is 0 Å². The van der Waals surface area contributed by atoms with Gasteiger partial charge >= 0.3 is 0 Å². The number of benzene rings is 6. The molecule has 182 valence electrons. The zero-order valence-electron chi connectivity index (χ0n) is 21.3. The fraction of sp³-hybridized carbons (Fsp3) is 0.0833. The maximum Gasteiger partial charge on any atom is 0.227 e. The van der Waals surface area contributed by atoms with Crippen LogP contribution in [0.3, 0.4) is 0 Å². The molecule has 0 radical (unpaired) electrons. The van der Waals surface area contributed by atoms with Crippen molar-refractivity contribution in [1.29, 1.82) is 0 Å². The molecule has 7 rings (SSSR count). The molecule has 0 spiro atoms. The Morgan fingerprint density at radius 1 is 0.553 bits per heavy atom. The summed E-state index contributed by atoms with van der Waals surface area (Å²) in [6.45, 7) is 2.24. The minimum absolute atomic E-state index is 0.649. The SMILES string of the molecule is CCCc1ccc2c(-c3ccc(-c4nc5ccccc5o4)cc3)c3ccccc3c(-c3ccccc3)c2c1. The summed E-state index contributed by atoms with van der Waals surface area (Å²) < 4.78 is 6.03. The van der Waals surface area contributed by atoms with Crippen molar-refractivity contribution in [3.05, 3.63) is 127 Å². The molecule has 0 saturated carbocycles. The van der Waals surface area contributed by atoms with E-state index in [1.165, 1.54) is 49.4 Å². The quantitative estimate of drug-likeness (QED) is 0.225. The zero-order chi connectivity index (χ0) is 25.5. The second-order valence-electron chi connectivity index (χ2n) is 9.86. The monoisotopic (exact) mass is 489 g/mol. The highest BCUT2D eigenvalue weighted by Gasteiger charge is 2.17. The molecule has 0 aliphatic carbocycles. The molecular weight excluding hydrogens is 462 g/mol. The van der Waals surface area contributed by atoms with Gasteiger partial charge in [-0.3, -0.25) is 0 Å². The highest BCUT2D eigenvalue weighted by Crippen LogP contribution is 2.44. The molecule has 0 amide bonds. The topological polar surface area (TPSA) is 26.0 Å². The van der Waals surface area contributed by atoms with Gasteiger partial charge in [0.1, 0.15) is 5.52 Å². The van der Waals surface area contributed by atoms with Crippen molar-refractivity contribution in [3.8, 4) is 33.7 Å². The van der Waals surface area contributed by atoms with Gasteiger partial charge in [-0.2, -0.15) is 0 Å². The van der Waals surface area contributed by atoms with Crippen LogP contribution in [0, 0.1) is 0 Å². The van der Waals surface area contributed by atoms with Crippen molar-refractivity contribution in [2.24, 2.45) is 0 Å². The van der Waals surface area contributed by atoms with E-state index in [1.54, 1.807) is 0 Å². The summed E-state index contributed by atoms with van der Waals surface area (Å²) in [6.07, 6.45) is 2.20. The van der Waals surface area contributed by atoms with Gasteiger partial charge < -0.3 is 4.42 Å². The Morgan fingerprint density at radius 2 is 1.16 bits per heavy atom. The predicted octanol–water partition coefficient (Wildman–Crippen LogP) is 10.1. The maximum atomic E-state index is 6.03. The van der Waals surface area contributed by atoms with Gasteiger partial charge in [0, 0.05) is 5.56 Å². The minimum Gasteiger partial charge on any atom is -0.436 e. The molecule has 0 aliphatic rings. The molecule has 1 heterocycles. The van der Waals surface area contributed by atoms with E-state index in [-0.39, 0.29) is 0 Å². The summed E-state index contributed by atoms with van der Waals surface area (Å²) in [5.41, 5.74) is 9.05. The first-order valence-corrected chi connectivity index (χ1v) is 13.3. The number of hydrogen-bond donors (Lipinski definition) is 0. The summed E-state index contributed by atoms with van der Waals surface area (Å²) in [6, 6.07) is 43.2. The van der Waals surface area contributed by atoms with Crippen molar-refractivity contribution < 1.29 is 4.42 Å². The third kappa shape index (κ3) is 3.77. The van der Waals surface area contributed by atoms with Crippen LogP contribution < -0.4 is 0 Å². The van der Waals surface area contributed by atoms with Crippen LogP contribution in [-0.4, -0.2) is 4.98 Å². The number of para-hydroxylation sites is 2. The molecule has 0 fully saturated rings. The van der Waals surface area contributed by atoms with Crippen LogP contribution in [0.15, 0.2) is 126 Å². The number of nitrogens with zero attached hydrogens (tertiary/aromatic N) is 1. The molecule has 0 saturated heterocycles. The molecule has 2 heteroatoms. The third-order valence-electron chi connectivity index (χ3n) is 7.40. The van der Waals surface area contributed by atoms with Gasteiger partial charge in [0.05, 0.1) is 0 Å². The molecule has 7 aromatic rings. The lowest BCUT2D eigenvalue weighted by Gasteiger charge is -2.18. The maximum absolute atomic E-state index is 6.03. The Bertz CT molecular complexity index is 1880. The van der Waals surface area contributed by atoms with Gasteiger partial charge in [0.15, 0.2) is 5.58 Å². The molecule has 0 N–H and O–H groups in total. The second-order valence-corrected chi connectivity index (χ2v) is 9.86. The summed E-state index contributed by atoms with van der Waals surface area (Å²) >= 11 is 0. The number of aryl methyl sites for hydroxylation is 1. The molecule has 0 unspecified atom stereocenters. The van der Waals surface area contributed by atoms with Crippen molar-refractivity contribution in [3.63, 3.8) is 0 Å². The number of fused-ring (bicyclic) bond motifs is 3. The number of hydrogen-bond acceptors (Lipinski definition) is 2. The largest absolute Gasteiger partial charge is 0.436 e. The van der Waals surface area contributed by atoms with Crippen molar-refractivity contribution in [1.82, 2.24) is 4.98 Å². The normalized spacial score (nSPS) is 11.5. The summed E-state index contributed by atoms with van der Waals surface area (Å²) in [7, 11) is 0. The Hall–Kier alpha value is -4.69. The van der Waals surface area contributed by atoms with Gasteiger partial charge in [-0.1, -0.05) is 110 Å². The molecule has 0 bridgehead atoms. The standard InChI is InChI=1S/C36H27NO/c1-2-10-24-17-22-30-31(23-24)35(25-11-4-3-5-12-25)29-14-7-6-13-28(29)34(30)26-18-20-27(21-19-26)36-37-32-15-8-9-16-33(32)38-36/h3-9,11-23H,2,10H2,1H3. The van der Waals surface area contributed by atoms with E-state index in [9.17, 15) is 0 Å². The molecule has 38 heavy (non-hydrogen) atoms. The predicted molar refractivity (Wildman–Crippen MR) is 159 cm³/mol. The smallest absolute Gasteiger partial charge is 0.227 e. The van der Waals surface area contributed by atoms with E-state index in [0.29, 0.717) is 5.89 Å². The summed E-state index contributed by atoms with van der Waals surface area (Å²) in [5, 5.41) is 5.12. The lowest BCUT2D eigenvalue weighted by molar-refractivity contribution is 0.620. The van der Waals surface area contributed by atoms with Crippen LogP contribution in [0.4, 0.5) is 0 Å². The van der Waals surface area contributed by atoms with Crippen LogP contribution >= 0.6 is 0 Å². The second kappa shape index (κ2) is 9.32. The number of oxazole rings is 1. The van der Waals surface area contributed by atoms with E-state index < -0.39 is 0 Å². The van der Waals surface area contributed by atoms with E-state index in [0.717, 1.165) is 29.5 Å². The average molecular weight is 490 g/mol. The highest BCUT2D eigenvalue weighted by molar-refractivity contribution is 6.21. The van der Waals surface area contributed by atoms with E-state index >= 15 is 0 Å². The van der Waals surface area contributed by atoms with Crippen molar-refractivity contribution >= 4 is 32.6 Å². The molecule has 1 aromatic heterocycles. The van der Waals surface area contributed by atoms with Crippen LogP contribution in [-0.2, 0) is 6.42 Å². The molecular formula is C36H27NO. The first kappa shape index (κ1) is 22.5.